The van der Waals surface area contributed by atoms with Crippen LogP contribution in [0.4, 0.5) is 0 Å². The normalized spacial score (nSPS) is 15.9. The number of aryl methyl sites for hydroxylation is 1. The summed E-state index contributed by atoms with van der Waals surface area (Å²) in [7, 11) is 3.60. The second-order valence-electron chi connectivity index (χ2n) is 5.63. The average molecular weight is 286 g/mol. The van der Waals surface area contributed by atoms with Crippen molar-refractivity contribution in [3.8, 4) is 5.75 Å². The largest absolute Gasteiger partial charge is 0.497 e. The van der Waals surface area contributed by atoms with Gasteiger partial charge < -0.3 is 10.1 Å². The lowest BCUT2D eigenvalue weighted by Gasteiger charge is -2.18. The summed E-state index contributed by atoms with van der Waals surface area (Å²) < 4.78 is 6.97. The fourth-order valence-electron chi connectivity index (χ4n) is 2.64. The van der Waals surface area contributed by atoms with E-state index in [1.54, 1.807) is 18.1 Å². The first-order valence-corrected chi connectivity index (χ1v) is 7.48. The van der Waals surface area contributed by atoms with Crippen LogP contribution in [0.2, 0.25) is 0 Å². The molecule has 5 heteroatoms. The number of ether oxygens (including phenoxy) is 1. The third kappa shape index (κ3) is 3.61. The van der Waals surface area contributed by atoms with Crippen LogP contribution in [0.1, 0.15) is 30.3 Å². The van der Waals surface area contributed by atoms with E-state index >= 15 is 0 Å². The van der Waals surface area contributed by atoms with Gasteiger partial charge in [0.15, 0.2) is 5.82 Å². The minimum absolute atomic E-state index is 0.430. The SMILES string of the molecule is COc1ccc(C(NCCc2ncn(C)n2)C2CC2)cc1. The summed E-state index contributed by atoms with van der Waals surface area (Å²) in [4.78, 5) is 4.26. The van der Waals surface area contributed by atoms with Crippen LogP contribution in [0.3, 0.4) is 0 Å². The van der Waals surface area contributed by atoms with Gasteiger partial charge in [0.25, 0.3) is 0 Å². The minimum Gasteiger partial charge on any atom is -0.497 e. The molecule has 1 unspecified atom stereocenters. The van der Waals surface area contributed by atoms with E-state index in [0.29, 0.717) is 6.04 Å². The molecule has 1 aromatic heterocycles. The van der Waals surface area contributed by atoms with Gasteiger partial charge in [-0.1, -0.05) is 12.1 Å². The molecule has 0 radical (unpaired) electrons. The molecule has 1 N–H and O–H groups in total. The Morgan fingerprint density at radius 3 is 2.67 bits per heavy atom. The molecule has 2 aromatic rings. The van der Waals surface area contributed by atoms with Gasteiger partial charge in [-0.05, 0) is 36.5 Å². The van der Waals surface area contributed by atoms with Crippen molar-refractivity contribution >= 4 is 0 Å². The maximum Gasteiger partial charge on any atom is 0.151 e. The highest BCUT2D eigenvalue weighted by Crippen LogP contribution is 2.41. The van der Waals surface area contributed by atoms with Crippen LogP contribution in [0.25, 0.3) is 0 Å². The molecule has 0 bridgehead atoms. The molecule has 1 aromatic carbocycles. The number of nitrogens with one attached hydrogen (secondary N) is 1. The smallest absolute Gasteiger partial charge is 0.151 e. The molecule has 0 aliphatic heterocycles. The summed E-state index contributed by atoms with van der Waals surface area (Å²) in [6, 6.07) is 8.82. The second kappa shape index (κ2) is 6.26. The first-order valence-electron chi connectivity index (χ1n) is 7.48. The van der Waals surface area contributed by atoms with E-state index in [1.165, 1.54) is 18.4 Å². The molecule has 1 atom stereocenters. The highest BCUT2D eigenvalue weighted by molar-refractivity contribution is 5.30. The summed E-state index contributed by atoms with van der Waals surface area (Å²) in [6.07, 6.45) is 5.23. The molecule has 112 valence electrons. The number of aromatic nitrogens is 3. The summed E-state index contributed by atoms with van der Waals surface area (Å²) >= 11 is 0. The summed E-state index contributed by atoms with van der Waals surface area (Å²) in [5, 5.41) is 7.98. The van der Waals surface area contributed by atoms with Gasteiger partial charge in [-0.3, -0.25) is 4.68 Å². The molecule has 3 rings (SSSR count). The molecular formula is C16H22N4O. The number of benzene rings is 1. The van der Waals surface area contributed by atoms with E-state index in [2.05, 4.69) is 27.5 Å². The molecule has 5 nitrogen and oxygen atoms in total. The van der Waals surface area contributed by atoms with Crippen molar-refractivity contribution in [1.29, 1.82) is 0 Å². The molecule has 0 amide bonds. The van der Waals surface area contributed by atoms with E-state index in [1.807, 2.05) is 19.2 Å². The van der Waals surface area contributed by atoms with Gasteiger partial charge in [-0.15, -0.1) is 0 Å². The Hall–Kier alpha value is -1.88. The maximum atomic E-state index is 5.23. The molecule has 0 spiro atoms. The van der Waals surface area contributed by atoms with Gasteiger partial charge in [-0.25, -0.2) is 4.98 Å². The predicted octanol–water partition coefficient (Wildman–Crippen LogP) is 2.11. The fourth-order valence-corrected chi connectivity index (χ4v) is 2.64. The molecule has 1 aliphatic carbocycles. The lowest BCUT2D eigenvalue weighted by atomic mass is 10.0. The van der Waals surface area contributed by atoms with E-state index < -0.39 is 0 Å². The van der Waals surface area contributed by atoms with Crippen LogP contribution >= 0.6 is 0 Å². The minimum atomic E-state index is 0.430. The van der Waals surface area contributed by atoms with Crippen molar-refractivity contribution < 1.29 is 4.74 Å². The predicted molar refractivity (Wildman–Crippen MR) is 81.2 cm³/mol. The quantitative estimate of drug-likeness (QED) is 0.847. The van der Waals surface area contributed by atoms with Gasteiger partial charge in [0.1, 0.15) is 12.1 Å². The Morgan fingerprint density at radius 2 is 2.10 bits per heavy atom. The number of rotatable bonds is 7. The summed E-state index contributed by atoms with van der Waals surface area (Å²) in [5.41, 5.74) is 1.34. The van der Waals surface area contributed by atoms with E-state index in [-0.39, 0.29) is 0 Å². The van der Waals surface area contributed by atoms with E-state index in [9.17, 15) is 0 Å². The van der Waals surface area contributed by atoms with Crippen molar-refractivity contribution in [3.63, 3.8) is 0 Å². The zero-order valence-corrected chi connectivity index (χ0v) is 12.6. The number of hydrogen-bond acceptors (Lipinski definition) is 4. The van der Waals surface area contributed by atoms with Crippen molar-refractivity contribution in [3.05, 3.63) is 42.0 Å². The van der Waals surface area contributed by atoms with Crippen LogP contribution in [0.15, 0.2) is 30.6 Å². The van der Waals surface area contributed by atoms with Crippen molar-refractivity contribution in [2.45, 2.75) is 25.3 Å². The van der Waals surface area contributed by atoms with Gasteiger partial charge in [0.05, 0.1) is 7.11 Å². The van der Waals surface area contributed by atoms with Crippen molar-refractivity contribution in [2.75, 3.05) is 13.7 Å². The topological polar surface area (TPSA) is 52.0 Å². The Balaban J connectivity index is 1.59. The molecule has 1 aliphatic rings. The Labute approximate surface area is 125 Å². The van der Waals surface area contributed by atoms with Gasteiger partial charge in [0, 0.05) is 26.1 Å². The van der Waals surface area contributed by atoms with Crippen molar-refractivity contribution in [2.24, 2.45) is 13.0 Å². The maximum absolute atomic E-state index is 5.23. The zero-order chi connectivity index (χ0) is 14.7. The first kappa shape index (κ1) is 14.1. The Morgan fingerprint density at radius 1 is 1.33 bits per heavy atom. The Bertz CT molecular complexity index is 574. The lowest BCUT2D eigenvalue weighted by Crippen LogP contribution is -2.25. The number of hydrogen-bond donors (Lipinski definition) is 1. The van der Waals surface area contributed by atoms with Crippen LogP contribution in [-0.4, -0.2) is 28.4 Å². The number of nitrogens with zero attached hydrogens (tertiary/aromatic N) is 3. The molecule has 0 saturated heterocycles. The molecule has 1 fully saturated rings. The molecular weight excluding hydrogens is 264 g/mol. The van der Waals surface area contributed by atoms with Crippen LogP contribution in [0, 0.1) is 5.92 Å². The molecule has 1 saturated carbocycles. The highest BCUT2D eigenvalue weighted by Gasteiger charge is 2.31. The Kier molecular flexibility index (Phi) is 4.20. The molecule has 21 heavy (non-hydrogen) atoms. The van der Waals surface area contributed by atoms with Crippen LogP contribution < -0.4 is 10.1 Å². The van der Waals surface area contributed by atoms with E-state index in [0.717, 1.165) is 30.5 Å². The van der Waals surface area contributed by atoms with Gasteiger partial charge >= 0.3 is 0 Å². The third-order valence-electron chi connectivity index (χ3n) is 3.93. The van der Waals surface area contributed by atoms with Crippen LogP contribution in [-0.2, 0) is 13.5 Å². The fraction of sp³-hybridized carbons (Fsp3) is 0.500. The second-order valence-corrected chi connectivity index (χ2v) is 5.63. The molecule has 1 heterocycles. The standard InChI is InChI=1S/C16H22N4O/c1-20-11-18-15(19-20)9-10-17-16(12-3-4-12)13-5-7-14(21-2)8-6-13/h5-8,11-12,16-17H,3-4,9-10H2,1-2H3. The van der Waals surface area contributed by atoms with E-state index in [4.69, 9.17) is 4.74 Å². The van der Waals surface area contributed by atoms with Gasteiger partial charge in [0.2, 0.25) is 0 Å². The third-order valence-corrected chi connectivity index (χ3v) is 3.93. The zero-order valence-electron chi connectivity index (χ0n) is 12.6. The average Bonchev–Trinajstić information content (AvgIpc) is 3.26. The first-order chi connectivity index (χ1) is 10.3. The van der Waals surface area contributed by atoms with Gasteiger partial charge in [-0.2, -0.15) is 5.10 Å². The van der Waals surface area contributed by atoms with Crippen LogP contribution in [0.5, 0.6) is 5.75 Å². The lowest BCUT2D eigenvalue weighted by molar-refractivity contribution is 0.413. The number of methoxy groups -OCH3 is 1. The highest BCUT2D eigenvalue weighted by atomic mass is 16.5. The summed E-state index contributed by atoms with van der Waals surface area (Å²) in [5.74, 6) is 2.57. The monoisotopic (exact) mass is 286 g/mol. The van der Waals surface area contributed by atoms with Crippen molar-refractivity contribution in [1.82, 2.24) is 20.1 Å². The summed E-state index contributed by atoms with van der Waals surface area (Å²) in [6.45, 7) is 0.900.